The van der Waals surface area contributed by atoms with E-state index in [9.17, 15) is 14.7 Å². The zero-order chi connectivity index (χ0) is 25.9. The molecule has 1 saturated carbocycles. The quantitative estimate of drug-likeness (QED) is 0.355. The van der Waals surface area contributed by atoms with Crippen LogP contribution in [0.2, 0.25) is 0 Å². The Labute approximate surface area is 216 Å². The molecule has 36 heavy (non-hydrogen) atoms. The van der Waals surface area contributed by atoms with Gasteiger partial charge in [0.25, 0.3) is 0 Å². The number of rotatable bonds is 7. The van der Waals surface area contributed by atoms with Crippen LogP contribution in [0.1, 0.15) is 51.5 Å². The van der Waals surface area contributed by atoms with Gasteiger partial charge < -0.3 is 21.1 Å². The van der Waals surface area contributed by atoms with Crippen molar-refractivity contribution in [3.05, 3.63) is 58.9 Å². The predicted octanol–water partition coefficient (Wildman–Crippen LogP) is 6.17. The number of benzene rings is 1. The average molecular weight is 507 g/mol. The highest BCUT2D eigenvalue weighted by molar-refractivity contribution is 7.08. The molecule has 1 fully saturated rings. The average Bonchev–Trinajstić information content (AvgIpc) is 3.38. The highest BCUT2D eigenvalue weighted by Crippen LogP contribution is 2.35. The molecule has 2 heterocycles. The molecule has 8 heteroatoms. The van der Waals surface area contributed by atoms with E-state index in [-0.39, 0.29) is 17.9 Å². The summed E-state index contributed by atoms with van der Waals surface area (Å²) < 4.78 is 0. The maximum absolute atomic E-state index is 12.8. The molecule has 4 rings (SSSR count). The van der Waals surface area contributed by atoms with Crippen LogP contribution in [0.25, 0.3) is 22.4 Å². The van der Waals surface area contributed by atoms with E-state index in [2.05, 4.69) is 16.8 Å². The van der Waals surface area contributed by atoms with Crippen LogP contribution in [0, 0.1) is 5.92 Å². The van der Waals surface area contributed by atoms with Crippen molar-refractivity contribution in [1.82, 2.24) is 9.88 Å². The largest absolute Gasteiger partial charge is 0.465 e. The van der Waals surface area contributed by atoms with E-state index in [1.165, 1.54) is 4.90 Å². The summed E-state index contributed by atoms with van der Waals surface area (Å²) in [5, 5.41) is 16.3. The maximum atomic E-state index is 12.8. The van der Waals surface area contributed by atoms with E-state index >= 15 is 0 Å². The minimum absolute atomic E-state index is 0.0367. The van der Waals surface area contributed by atoms with Crippen LogP contribution in [0.5, 0.6) is 0 Å². The summed E-state index contributed by atoms with van der Waals surface area (Å²) in [6, 6.07) is 12.2. The Morgan fingerprint density at radius 3 is 2.42 bits per heavy atom. The van der Waals surface area contributed by atoms with Crippen LogP contribution in [-0.4, -0.2) is 40.1 Å². The van der Waals surface area contributed by atoms with Gasteiger partial charge in [-0.05, 0) is 79.5 Å². The summed E-state index contributed by atoms with van der Waals surface area (Å²) in [6.45, 7) is 3.96. The Morgan fingerprint density at radius 2 is 1.83 bits per heavy atom. The standard InChI is InChI=1S/C28H34N4O3S/c1-28(2,29)21-8-6-19(7-9-21)26-24(20-12-13-36-17-20)15-22(16-30-26)31-25(33)14-18-4-10-23(11-5-18)32(3)27(34)35/h6-9,12-13,15-18,23H,4-5,10-11,14,29H2,1-3H3,(H,31,33)(H,34,35)/t18-,23-. The van der Waals surface area contributed by atoms with Gasteiger partial charge in [-0.1, -0.05) is 24.3 Å². The minimum Gasteiger partial charge on any atom is -0.465 e. The van der Waals surface area contributed by atoms with Crippen LogP contribution < -0.4 is 11.1 Å². The lowest BCUT2D eigenvalue weighted by molar-refractivity contribution is -0.117. The number of nitrogens with zero attached hydrogens (tertiary/aromatic N) is 2. The van der Waals surface area contributed by atoms with Crippen LogP contribution in [0.4, 0.5) is 10.5 Å². The van der Waals surface area contributed by atoms with E-state index in [1.807, 2.05) is 49.6 Å². The second kappa shape index (κ2) is 10.8. The van der Waals surface area contributed by atoms with Crippen molar-refractivity contribution in [3.8, 4) is 22.4 Å². The molecule has 0 spiro atoms. The van der Waals surface area contributed by atoms with Crippen LogP contribution in [0.3, 0.4) is 0 Å². The third-order valence-corrected chi connectivity index (χ3v) is 7.73. The van der Waals surface area contributed by atoms with Crippen molar-refractivity contribution >= 4 is 29.0 Å². The second-order valence-corrected chi connectivity index (χ2v) is 11.0. The molecular weight excluding hydrogens is 472 g/mol. The van der Waals surface area contributed by atoms with E-state index in [1.54, 1.807) is 24.6 Å². The molecule has 3 aromatic rings. The molecule has 4 N–H and O–H groups in total. The number of pyridine rings is 1. The Morgan fingerprint density at radius 1 is 1.14 bits per heavy atom. The van der Waals surface area contributed by atoms with E-state index < -0.39 is 11.6 Å². The Kier molecular flexibility index (Phi) is 7.76. The van der Waals surface area contributed by atoms with Crippen molar-refractivity contribution in [2.45, 2.75) is 57.5 Å². The third-order valence-electron chi connectivity index (χ3n) is 7.05. The molecule has 2 amide bonds. The van der Waals surface area contributed by atoms with Gasteiger partial charge in [-0.25, -0.2) is 4.79 Å². The smallest absolute Gasteiger partial charge is 0.407 e. The first-order valence-corrected chi connectivity index (χ1v) is 13.2. The summed E-state index contributed by atoms with van der Waals surface area (Å²) in [4.78, 5) is 30.2. The maximum Gasteiger partial charge on any atom is 0.407 e. The summed E-state index contributed by atoms with van der Waals surface area (Å²) in [7, 11) is 1.62. The van der Waals surface area contributed by atoms with E-state index in [4.69, 9.17) is 10.7 Å². The van der Waals surface area contributed by atoms with Crippen molar-refractivity contribution < 1.29 is 14.7 Å². The van der Waals surface area contributed by atoms with E-state index in [0.29, 0.717) is 12.1 Å². The van der Waals surface area contributed by atoms with Gasteiger partial charge in [0, 0.05) is 36.2 Å². The molecule has 1 aromatic carbocycles. The van der Waals surface area contributed by atoms with Gasteiger partial charge in [0.15, 0.2) is 0 Å². The SMILES string of the molecule is CN(C(=O)O)[C@H]1CC[C@H](CC(=O)Nc2cnc(-c3ccc(C(C)(C)N)cc3)c(-c3ccsc3)c2)CC1. The fraction of sp³-hybridized carbons (Fsp3) is 0.393. The van der Waals surface area contributed by atoms with Gasteiger partial charge in [0.1, 0.15) is 0 Å². The zero-order valence-corrected chi connectivity index (χ0v) is 21.8. The topological polar surface area (TPSA) is 109 Å². The lowest BCUT2D eigenvalue weighted by atomic mass is 9.83. The number of amides is 2. The third kappa shape index (κ3) is 6.12. The first-order valence-electron chi connectivity index (χ1n) is 12.3. The highest BCUT2D eigenvalue weighted by Gasteiger charge is 2.27. The van der Waals surface area contributed by atoms with E-state index in [0.717, 1.165) is 53.6 Å². The Bertz CT molecular complexity index is 1190. The van der Waals surface area contributed by atoms with Gasteiger partial charge in [-0.2, -0.15) is 11.3 Å². The number of carbonyl (C=O) groups excluding carboxylic acids is 1. The Hall–Kier alpha value is -3.23. The molecule has 0 saturated heterocycles. The summed E-state index contributed by atoms with van der Waals surface area (Å²) in [6.07, 6.45) is 4.52. The summed E-state index contributed by atoms with van der Waals surface area (Å²) in [5.74, 6) is 0.225. The van der Waals surface area contributed by atoms with Crippen LogP contribution in [0.15, 0.2) is 53.4 Å². The lowest BCUT2D eigenvalue weighted by Crippen LogP contribution is -2.38. The molecule has 0 radical (unpaired) electrons. The molecule has 1 aliphatic rings. The monoisotopic (exact) mass is 506 g/mol. The molecule has 7 nitrogen and oxygen atoms in total. The number of aromatic nitrogens is 1. The number of nitrogens with one attached hydrogen (secondary N) is 1. The van der Waals surface area contributed by atoms with Crippen molar-refractivity contribution in [2.24, 2.45) is 11.7 Å². The molecule has 0 unspecified atom stereocenters. The molecule has 2 aromatic heterocycles. The second-order valence-electron chi connectivity index (χ2n) is 10.3. The molecular formula is C28H34N4O3S. The molecule has 0 aliphatic heterocycles. The number of thiophene rings is 1. The molecule has 0 bridgehead atoms. The summed E-state index contributed by atoms with van der Waals surface area (Å²) >= 11 is 1.62. The van der Waals surface area contributed by atoms with Crippen molar-refractivity contribution in [3.63, 3.8) is 0 Å². The molecule has 190 valence electrons. The number of carbonyl (C=O) groups is 2. The number of anilines is 1. The van der Waals surface area contributed by atoms with Gasteiger partial charge in [-0.15, -0.1) is 0 Å². The van der Waals surface area contributed by atoms with Crippen LogP contribution in [-0.2, 0) is 10.3 Å². The number of carboxylic acid groups (broad SMARTS) is 1. The zero-order valence-electron chi connectivity index (χ0n) is 21.0. The van der Waals surface area contributed by atoms with Gasteiger partial charge >= 0.3 is 6.09 Å². The van der Waals surface area contributed by atoms with Crippen molar-refractivity contribution in [1.29, 1.82) is 0 Å². The first-order chi connectivity index (χ1) is 17.1. The minimum atomic E-state index is -0.896. The fourth-order valence-electron chi connectivity index (χ4n) is 4.83. The number of hydrogen-bond acceptors (Lipinski definition) is 5. The van der Waals surface area contributed by atoms with Gasteiger partial charge in [0.05, 0.1) is 17.6 Å². The molecule has 0 atom stereocenters. The van der Waals surface area contributed by atoms with Gasteiger partial charge in [-0.3, -0.25) is 9.78 Å². The van der Waals surface area contributed by atoms with Crippen molar-refractivity contribution in [2.75, 3.05) is 12.4 Å². The normalized spacial score (nSPS) is 18.0. The lowest BCUT2D eigenvalue weighted by Gasteiger charge is -2.32. The fourth-order valence-corrected chi connectivity index (χ4v) is 5.48. The predicted molar refractivity (Wildman–Crippen MR) is 145 cm³/mol. The first kappa shape index (κ1) is 25.9. The summed E-state index contributed by atoms with van der Waals surface area (Å²) in [5.41, 5.74) is 11.4. The van der Waals surface area contributed by atoms with Gasteiger partial charge in [0.2, 0.25) is 5.91 Å². The van der Waals surface area contributed by atoms with Crippen LogP contribution >= 0.6 is 11.3 Å². The number of hydrogen-bond donors (Lipinski definition) is 3. The Balaban J connectivity index is 1.47. The number of nitrogens with two attached hydrogens (primary N) is 1. The molecule has 1 aliphatic carbocycles. The highest BCUT2D eigenvalue weighted by atomic mass is 32.1.